The molecule has 0 aliphatic heterocycles. The maximum atomic E-state index is 12.8. The first-order chi connectivity index (χ1) is 8.08. The molecule has 3 nitrogen and oxygen atoms in total. The van der Waals surface area contributed by atoms with E-state index in [9.17, 15) is 14.3 Å². The molecule has 1 aromatic rings. The highest BCUT2D eigenvalue weighted by molar-refractivity contribution is 5.76. The third kappa shape index (κ3) is 3.82. The van der Waals surface area contributed by atoms with Crippen molar-refractivity contribution in [2.45, 2.75) is 19.3 Å². The van der Waals surface area contributed by atoms with Crippen molar-refractivity contribution < 1.29 is 14.3 Å². The van der Waals surface area contributed by atoms with Crippen LogP contribution in [0.1, 0.15) is 24.8 Å². The molecule has 1 N–H and O–H groups in total. The van der Waals surface area contributed by atoms with Gasteiger partial charge < -0.3 is 10.0 Å². The lowest BCUT2D eigenvalue weighted by Gasteiger charge is -2.19. The van der Waals surface area contributed by atoms with Gasteiger partial charge in [-0.15, -0.1) is 0 Å². The summed E-state index contributed by atoms with van der Waals surface area (Å²) in [5.41, 5.74) is 0.784. The molecule has 0 radical (unpaired) electrons. The number of hydrogen-bond acceptors (Lipinski definition) is 2. The van der Waals surface area contributed by atoms with Gasteiger partial charge in [-0.1, -0.05) is 12.1 Å². The van der Waals surface area contributed by atoms with Crippen LogP contribution in [-0.4, -0.2) is 36.1 Å². The van der Waals surface area contributed by atoms with Gasteiger partial charge in [-0.2, -0.15) is 0 Å². The monoisotopic (exact) mass is 239 g/mol. The molecule has 0 fully saturated rings. The van der Waals surface area contributed by atoms with Crippen LogP contribution in [0.4, 0.5) is 4.39 Å². The van der Waals surface area contributed by atoms with E-state index < -0.39 is 0 Å². The van der Waals surface area contributed by atoms with Crippen LogP contribution < -0.4 is 0 Å². The number of rotatable bonds is 5. The van der Waals surface area contributed by atoms with Gasteiger partial charge in [0, 0.05) is 25.9 Å². The van der Waals surface area contributed by atoms with Gasteiger partial charge in [0.25, 0.3) is 0 Å². The van der Waals surface area contributed by atoms with Crippen LogP contribution in [0.25, 0.3) is 0 Å². The lowest BCUT2D eigenvalue weighted by molar-refractivity contribution is -0.130. The number of benzene rings is 1. The molecule has 1 unspecified atom stereocenters. The summed E-state index contributed by atoms with van der Waals surface area (Å²) in [5.74, 6) is -0.601. The molecule has 1 rings (SSSR count). The maximum Gasteiger partial charge on any atom is 0.223 e. The van der Waals surface area contributed by atoms with Crippen LogP contribution in [0, 0.1) is 5.82 Å². The number of hydrogen-bond donors (Lipinski definition) is 1. The van der Waals surface area contributed by atoms with Gasteiger partial charge in [-0.25, -0.2) is 4.39 Å². The Labute approximate surface area is 101 Å². The van der Waals surface area contributed by atoms with Crippen LogP contribution in [0.3, 0.4) is 0 Å². The highest BCUT2D eigenvalue weighted by Gasteiger charge is 2.17. The summed E-state index contributed by atoms with van der Waals surface area (Å²) >= 11 is 0. The first kappa shape index (κ1) is 13.6. The van der Waals surface area contributed by atoms with Crippen LogP contribution >= 0.6 is 0 Å². The van der Waals surface area contributed by atoms with E-state index >= 15 is 0 Å². The Kier molecular flexibility index (Phi) is 5.10. The number of aliphatic hydroxyl groups is 1. The van der Waals surface area contributed by atoms with Crippen molar-refractivity contribution in [2.24, 2.45) is 0 Å². The van der Waals surface area contributed by atoms with Crippen molar-refractivity contribution in [3.63, 3.8) is 0 Å². The number of halogens is 1. The molecule has 0 bridgehead atoms. The summed E-state index contributed by atoms with van der Waals surface area (Å²) in [7, 11) is 1.72. The zero-order valence-electron chi connectivity index (χ0n) is 10.2. The third-order valence-electron chi connectivity index (χ3n) is 2.88. The average molecular weight is 239 g/mol. The number of carbonyl (C=O) groups is 1. The fourth-order valence-electron chi connectivity index (χ4n) is 1.57. The van der Waals surface area contributed by atoms with E-state index in [0.717, 1.165) is 5.56 Å². The zero-order valence-corrected chi connectivity index (χ0v) is 10.2. The molecule has 17 heavy (non-hydrogen) atoms. The fourth-order valence-corrected chi connectivity index (χ4v) is 1.57. The van der Waals surface area contributed by atoms with Gasteiger partial charge in [-0.3, -0.25) is 4.79 Å². The quantitative estimate of drug-likeness (QED) is 0.850. The minimum absolute atomic E-state index is 0.0177. The molecular weight excluding hydrogens is 221 g/mol. The predicted octanol–water partition coefficient (Wildman–Crippen LogP) is 1.77. The molecule has 0 saturated carbocycles. The molecule has 0 aliphatic carbocycles. The Balaban J connectivity index is 2.72. The fraction of sp³-hybridized carbons (Fsp3) is 0.462. The third-order valence-corrected chi connectivity index (χ3v) is 2.88. The summed E-state index contributed by atoms with van der Waals surface area (Å²) in [4.78, 5) is 13.3. The van der Waals surface area contributed by atoms with Crippen molar-refractivity contribution in [2.75, 3.05) is 20.2 Å². The summed E-state index contributed by atoms with van der Waals surface area (Å²) in [6, 6.07) is 5.89. The second-order valence-corrected chi connectivity index (χ2v) is 4.04. The van der Waals surface area contributed by atoms with E-state index in [4.69, 9.17) is 0 Å². The summed E-state index contributed by atoms with van der Waals surface area (Å²) < 4.78 is 12.8. The molecule has 1 atom stereocenters. The van der Waals surface area contributed by atoms with E-state index in [1.165, 1.54) is 12.1 Å². The predicted molar refractivity (Wildman–Crippen MR) is 64.2 cm³/mol. The maximum absolute atomic E-state index is 12.8. The standard InChI is InChI=1S/C13H18FNO2/c1-3-15(2)13(17)8-11(9-16)10-4-6-12(14)7-5-10/h4-7,11,16H,3,8-9H2,1-2H3. The molecule has 0 spiro atoms. The van der Waals surface area contributed by atoms with Crippen LogP contribution in [0.5, 0.6) is 0 Å². The van der Waals surface area contributed by atoms with E-state index in [1.807, 2.05) is 6.92 Å². The molecule has 0 heterocycles. The number of nitrogens with zero attached hydrogens (tertiary/aromatic N) is 1. The van der Waals surface area contributed by atoms with Crippen LogP contribution in [-0.2, 0) is 4.79 Å². The minimum Gasteiger partial charge on any atom is -0.396 e. The van der Waals surface area contributed by atoms with Gasteiger partial charge in [0.15, 0.2) is 0 Å². The Bertz CT molecular complexity index is 364. The van der Waals surface area contributed by atoms with Crippen molar-refractivity contribution in [1.82, 2.24) is 4.90 Å². The van der Waals surface area contributed by atoms with Crippen molar-refractivity contribution in [3.8, 4) is 0 Å². The van der Waals surface area contributed by atoms with E-state index in [0.29, 0.717) is 6.54 Å². The number of carbonyl (C=O) groups excluding carboxylic acids is 1. The molecule has 1 aromatic carbocycles. The molecule has 94 valence electrons. The van der Waals surface area contributed by atoms with Crippen LogP contribution in [0.15, 0.2) is 24.3 Å². The first-order valence-electron chi connectivity index (χ1n) is 5.68. The molecule has 0 saturated heterocycles. The Morgan fingerprint density at radius 1 is 1.41 bits per heavy atom. The molecular formula is C13H18FNO2. The van der Waals surface area contributed by atoms with Crippen molar-refractivity contribution >= 4 is 5.91 Å². The Hall–Kier alpha value is -1.42. The van der Waals surface area contributed by atoms with Crippen LogP contribution in [0.2, 0.25) is 0 Å². The Morgan fingerprint density at radius 3 is 2.47 bits per heavy atom. The van der Waals surface area contributed by atoms with E-state index in [2.05, 4.69) is 0 Å². The first-order valence-corrected chi connectivity index (χ1v) is 5.68. The van der Waals surface area contributed by atoms with E-state index in [1.54, 1.807) is 24.1 Å². The van der Waals surface area contributed by atoms with Gasteiger partial charge in [-0.05, 0) is 24.6 Å². The number of aliphatic hydroxyl groups excluding tert-OH is 1. The van der Waals surface area contributed by atoms with Crippen molar-refractivity contribution in [1.29, 1.82) is 0 Å². The SMILES string of the molecule is CCN(C)C(=O)CC(CO)c1ccc(F)cc1. The lowest BCUT2D eigenvalue weighted by atomic mass is 9.96. The molecule has 4 heteroatoms. The zero-order chi connectivity index (χ0) is 12.8. The topological polar surface area (TPSA) is 40.5 Å². The van der Waals surface area contributed by atoms with Gasteiger partial charge in [0.2, 0.25) is 5.91 Å². The van der Waals surface area contributed by atoms with Crippen molar-refractivity contribution in [3.05, 3.63) is 35.6 Å². The average Bonchev–Trinajstić information content (AvgIpc) is 2.35. The second kappa shape index (κ2) is 6.35. The molecule has 0 aliphatic rings. The Morgan fingerprint density at radius 2 is 2.00 bits per heavy atom. The van der Waals surface area contributed by atoms with Gasteiger partial charge >= 0.3 is 0 Å². The molecule has 0 aromatic heterocycles. The summed E-state index contributed by atoms with van der Waals surface area (Å²) in [6.45, 7) is 2.42. The minimum atomic E-state index is -0.317. The smallest absolute Gasteiger partial charge is 0.223 e. The second-order valence-electron chi connectivity index (χ2n) is 4.04. The van der Waals surface area contributed by atoms with Gasteiger partial charge in [0.05, 0.1) is 6.61 Å². The van der Waals surface area contributed by atoms with Gasteiger partial charge in [0.1, 0.15) is 5.82 Å². The molecule has 1 amide bonds. The highest BCUT2D eigenvalue weighted by atomic mass is 19.1. The number of amides is 1. The highest BCUT2D eigenvalue weighted by Crippen LogP contribution is 2.20. The normalized spacial score (nSPS) is 12.2. The van der Waals surface area contributed by atoms with E-state index in [-0.39, 0.29) is 30.7 Å². The summed E-state index contributed by atoms with van der Waals surface area (Å²) in [6.07, 6.45) is 0.243. The largest absolute Gasteiger partial charge is 0.396 e. The summed E-state index contributed by atoms with van der Waals surface area (Å²) in [5, 5.41) is 9.29. The lowest BCUT2D eigenvalue weighted by Crippen LogP contribution is -2.28.